The first-order valence-electron chi connectivity index (χ1n) is 4.84. The van der Waals surface area contributed by atoms with Crippen molar-refractivity contribution in [3.05, 3.63) is 33.3 Å². The SMILES string of the molecule is CCc1cc(C(C)(C)C)c(Cl)cc1Cl. The quantitative estimate of drug-likeness (QED) is 0.647. The van der Waals surface area contributed by atoms with Crippen LogP contribution in [0.2, 0.25) is 10.0 Å². The maximum absolute atomic E-state index is 6.16. The summed E-state index contributed by atoms with van der Waals surface area (Å²) >= 11 is 12.2. The summed E-state index contributed by atoms with van der Waals surface area (Å²) < 4.78 is 0. The molecule has 0 heterocycles. The Labute approximate surface area is 96.2 Å². The van der Waals surface area contributed by atoms with E-state index in [1.807, 2.05) is 6.07 Å². The second kappa shape index (κ2) is 4.12. The van der Waals surface area contributed by atoms with Crippen molar-refractivity contribution in [3.63, 3.8) is 0 Å². The molecule has 0 saturated carbocycles. The number of rotatable bonds is 1. The van der Waals surface area contributed by atoms with Gasteiger partial charge in [0.15, 0.2) is 0 Å². The fraction of sp³-hybridized carbons (Fsp3) is 0.500. The maximum Gasteiger partial charge on any atom is 0.0458 e. The Morgan fingerprint density at radius 3 is 2.07 bits per heavy atom. The normalized spacial score (nSPS) is 11.9. The molecule has 0 unspecified atom stereocenters. The second-order valence-corrected chi connectivity index (χ2v) is 5.34. The van der Waals surface area contributed by atoms with E-state index in [-0.39, 0.29) is 5.41 Å². The van der Waals surface area contributed by atoms with Crippen molar-refractivity contribution in [2.75, 3.05) is 0 Å². The summed E-state index contributed by atoms with van der Waals surface area (Å²) in [7, 11) is 0. The Kier molecular flexibility index (Phi) is 3.49. The first-order valence-corrected chi connectivity index (χ1v) is 5.60. The molecule has 1 aromatic rings. The van der Waals surface area contributed by atoms with Crippen LogP contribution in [-0.4, -0.2) is 0 Å². The Morgan fingerprint density at radius 1 is 1.07 bits per heavy atom. The third kappa shape index (κ3) is 2.43. The molecule has 14 heavy (non-hydrogen) atoms. The van der Waals surface area contributed by atoms with Gasteiger partial charge in [-0.25, -0.2) is 0 Å². The number of hydrogen-bond donors (Lipinski definition) is 0. The van der Waals surface area contributed by atoms with Crippen LogP contribution in [0.25, 0.3) is 0 Å². The minimum atomic E-state index is 0.0750. The van der Waals surface area contributed by atoms with Crippen molar-refractivity contribution in [3.8, 4) is 0 Å². The van der Waals surface area contributed by atoms with Crippen LogP contribution in [0.5, 0.6) is 0 Å². The highest BCUT2D eigenvalue weighted by Crippen LogP contribution is 2.33. The topological polar surface area (TPSA) is 0 Å². The van der Waals surface area contributed by atoms with Crippen molar-refractivity contribution in [2.45, 2.75) is 39.5 Å². The van der Waals surface area contributed by atoms with Gasteiger partial charge in [0, 0.05) is 10.0 Å². The Hall–Kier alpha value is -0.200. The molecule has 0 aliphatic heterocycles. The molecule has 0 bridgehead atoms. The Balaban J connectivity index is 3.32. The standard InChI is InChI=1S/C12H16Cl2/c1-5-8-6-9(12(2,3)4)11(14)7-10(8)13/h6-7H,5H2,1-4H3. The predicted molar refractivity (Wildman–Crippen MR) is 64.5 cm³/mol. The van der Waals surface area contributed by atoms with Crippen molar-refractivity contribution >= 4 is 23.2 Å². The van der Waals surface area contributed by atoms with Gasteiger partial charge in [-0.15, -0.1) is 0 Å². The highest BCUT2D eigenvalue weighted by Gasteiger charge is 2.18. The lowest BCUT2D eigenvalue weighted by molar-refractivity contribution is 0.589. The van der Waals surface area contributed by atoms with Crippen molar-refractivity contribution in [1.82, 2.24) is 0 Å². The minimum absolute atomic E-state index is 0.0750. The molecule has 0 N–H and O–H groups in total. The van der Waals surface area contributed by atoms with Gasteiger partial charge in [0.05, 0.1) is 0 Å². The predicted octanol–water partition coefficient (Wildman–Crippen LogP) is 4.85. The Morgan fingerprint density at radius 2 is 1.64 bits per heavy atom. The number of benzene rings is 1. The molecule has 0 aliphatic carbocycles. The highest BCUT2D eigenvalue weighted by atomic mass is 35.5. The smallest absolute Gasteiger partial charge is 0.0458 e. The molecular weight excluding hydrogens is 215 g/mol. The van der Waals surface area contributed by atoms with Crippen LogP contribution in [0.1, 0.15) is 38.8 Å². The molecule has 1 aromatic carbocycles. The van der Waals surface area contributed by atoms with E-state index in [0.717, 1.165) is 16.5 Å². The summed E-state index contributed by atoms with van der Waals surface area (Å²) in [6.07, 6.45) is 0.944. The summed E-state index contributed by atoms with van der Waals surface area (Å²) in [6, 6.07) is 3.97. The molecule has 0 aliphatic rings. The molecule has 0 saturated heterocycles. The van der Waals surface area contributed by atoms with Crippen LogP contribution >= 0.6 is 23.2 Å². The molecule has 1 rings (SSSR count). The number of hydrogen-bond acceptors (Lipinski definition) is 0. The third-order valence-corrected chi connectivity index (χ3v) is 2.99. The van der Waals surface area contributed by atoms with Gasteiger partial charge in [-0.1, -0.05) is 57.0 Å². The van der Waals surface area contributed by atoms with E-state index in [2.05, 4.69) is 33.8 Å². The monoisotopic (exact) mass is 230 g/mol. The average Bonchev–Trinajstić information content (AvgIpc) is 2.02. The molecule has 0 nitrogen and oxygen atoms in total. The van der Waals surface area contributed by atoms with Crippen molar-refractivity contribution < 1.29 is 0 Å². The van der Waals surface area contributed by atoms with Crippen molar-refractivity contribution in [1.29, 1.82) is 0 Å². The lowest BCUT2D eigenvalue weighted by Crippen LogP contribution is -2.12. The lowest BCUT2D eigenvalue weighted by atomic mass is 9.86. The summed E-state index contributed by atoms with van der Waals surface area (Å²) in [5.41, 5.74) is 2.41. The van der Waals surface area contributed by atoms with E-state index in [0.29, 0.717) is 0 Å². The zero-order valence-corrected chi connectivity index (χ0v) is 10.6. The van der Waals surface area contributed by atoms with Gasteiger partial charge in [0.1, 0.15) is 0 Å². The summed E-state index contributed by atoms with van der Waals surface area (Å²) in [5, 5.41) is 1.53. The van der Waals surface area contributed by atoms with Gasteiger partial charge >= 0.3 is 0 Å². The van der Waals surface area contributed by atoms with Crippen LogP contribution in [-0.2, 0) is 11.8 Å². The van der Waals surface area contributed by atoms with Crippen molar-refractivity contribution in [2.24, 2.45) is 0 Å². The second-order valence-electron chi connectivity index (χ2n) is 4.53. The van der Waals surface area contributed by atoms with Crippen LogP contribution in [0, 0.1) is 0 Å². The highest BCUT2D eigenvalue weighted by molar-refractivity contribution is 6.35. The van der Waals surface area contributed by atoms with E-state index in [1.165, 1.54) is 11.1 Å². The summed E-state index contributed by atoms with van der Waals surface area (Å²) in [5.74, 6) is 0. The van der Waals surface area contributed by atoms with Crippen LogP contribution in [0.15, 0.2) is 12.1 Å². The molecule has 78 valence electrons. The first kappa shape index (κ1) is 11.9. The van der Waals surface area contributed by atoms with Crippen LogP contribution in [0.3, 0.4) is 0 Å². The zero-order valence-electron chi connectivity index (χ0n) is 9.12. The zero-order chi connectivity index (χ0) is 10.9. The molecule has 0 spiro atoms. The maximum atomic E-state index is 6.16. The molecule has 0 atom stereocenters. The molecule has 0 radical (unpaired) electrons. The van der Waals surface area contributed by atoms with E-state index in [1.54, 1.807) is 0 Å². The number of halogens is 2. The number of aryl methyl sites for hydroxylation is 1. The van der Waals surface area contributed by atoms with Crippen LogP contribution in [0.4, 0.5) is 0 Å². The molecule has 0 fully saturated rings. The van der Waals surface area contributed by atoms with E-state index >= 15 is 0 Å². The molecule has 2 heteroatoms. The molecule has 0 amide bonds. The first-order chi connectivity index (χ1) is 6.36. The van der Waals surface area contributed by atoms with Gasteiger partial charge in [-0.2, -0.15) is 0 Å². The molecule has 0 aromatic heterocycles. The fourth-order valence-electron chi connectivity index (χ4n) is 1.44. The van der Waals surface area contributed by atoms with Gasteiger partial charge < -0.3 is 0 Å². The van der Waals surface area contributed by atoms with Crippen LogP contribution < -0.4 is 0 Å². The minimum Gasteiger partial charge on any atom is -0.0840 e. The summed E-state index contributed by atoms with van der Waals surface area (Å²) in [4.78, 5) is 0. The fourth-order valence-corrected chi connectivity index (χ4v) is 2.24. The molecular formula is C12H16Cl2. The van der Waals surface area contributed by atoms with Gasteiger partial charge in [0.25, 0.3) is 0 Å². The van der Waals surface area contributed by atoms with Gasteiger partial charge in [-0.3, -0.25) is 0 Å². The van der Waals surface area contributed by atoms with E-state index in [9.17, 15) is 0 Å². The van der Waals surface area contributed by atoms with Gasteiger partial charge in [-0.05, 0) is 29.0 Å². The average molecular weight is 231 g/mol. The van der Waals surface area contributed by atoms with E-state index in [4.69, 9.17) is 23.2 Å². The third-order valence-electron chi connectivity index (χ3n) is 2.32. The summed E-state index contributed by atoms with van der Waals surface area (Å²) in [6.45, 7) is 8.56. The lowest BCUT2D eigenvalue weighted by Gasteiger charge is -2.22. The van der Waals surface area contributed by atoms with E-state index < -0.39 is 0 Å². The Bertz CT molecular complexity index is 335. The van der Waals surface area contributed by atoms with Gasteiger partial charge in [0.2, 0.25) is 0 Å². The largest absolute Gasteiger partial charge is 0.0840 e.